The van der Waals surface area contributed by atoms with Crippen molar-refractivity contribution in [1.82, 2.24) is 0 Å². The number of carbonyl (C=O) groups excluding carboxylic acids is 2. The summed E-state index contributed by atoms with van der Waals surface area (Å²) in [6, 6.07) is 3.39. The fourth-order valence-corrected chi connectivity index (χ4v) is 7.34. The van der Waals surface area contributed by atoms with Crippen LogP contribution in [0.3, 0.4) is 0 Å². The van der Waals surface area contributed by atoms with E-state index in [4.69, 9.17) is 9.15 Å². The topological polar surface area (TPSA) is 56.5 Å². The number of fused-ring (bicyclic) bond motifs is 5. The van der Waals surface area contributed by atoms with E-state index >= 15 is 0 Å². The Balaban J connectivity index is 1.42. The van der Waals surface area contributed by atoms with Crippen molar-refractivity contribution in [2.24, 2.45) is 34.5 Å². The maximum Gasteiger partial charge on any atom is 0.374 e. The lowest BCUT2D eigenvalue weighted by Crippen LogP contribution is -2.51. The highest BCUT2D eigenvalue weighted by atomic mass is 16.6. The number of esters is 1. The van der Waals surface area contributed by atoms with Crippen LogP contribution >= 0.6 is 0 Å². The van der Waals surface area contributed by atoms with Gasteiger partial charge < -0.3 is 9.15 Å². The first-order chi connectivity index (χ1) is 13.8. The molecule has 154 valence electrons. The van der Waals surface area contributed by atoms with Crippen molar-refractivity contribution in [2.45, 2.75) is 59.0 Å². The molecule has 3 saturated carbocycles. The van der Waals surface area contributed by atoms with Gasteiger partial charge in [0.05, 0.1) is 6.26 Å². The van der Waals surface area contributed by atoms with Gasteiger partial charge in [0.15, 0.2) is 5.78 Å². The molecule has 29 heavy (non-hydrogen) atoms. The zero-order chi connectivity index (χ0) is 20.4. The number of allylic oxidation sites excluding steroid dienone is 4. The number of rotatable bonds is 2. The van der Waals surface area contributed by atoms with Crippen LogP contribution in [-0.4, -0.2) is 17.9 Å². The lowest BCUT2D eigenvalue weighted by Gasteiger charge is -2.56. The number of furan rings is 1. The van der Waals surface area contributed by atoms with Crippen LogP contribution in [0.25, 0.3) is 0 Å². The first kappa shape index (κ1) is 18.9. The van der Waals surface area contributed by atoms with Crippen molar-refractivity contribution < 1.29 is 18.7 Å². The molecule has 5 rings (SSSR count). The first-order valence-corrected chi connectivity index (χ1v) is 11.0. The summed E-state index contributed by atoms with van der Waals surface area (Å²) >= 11 is 0. The van der Waals surface area contributed by atoms with Gasteiger partial charge in [0.25, 0.3) is 0 Å². The van der Waals surface area contributed by atoms with Crippen LogP contribution in [0.4, 0.5) is 0 Å². The highest BCUT2D eigenvalue weighted by Gasteiger charge is 2.61. The molecule has 2 unspecified atom stereocenters. The van der Waals surface area contributed by atoms with Crippen LogP contribution in [0, 0.1) is 34.5 Å². The molecular weight excluding hydrogens is 364 g/mol. The van der Waals surface area contributed by atoms with Gasteiger partial charge in [-0.2, -0.15) is 0 Å². The second-order valence-corrected chi connectivity index (χ2v) is 10.2. The van der Waals surface area contributed by atoms with Gasteiger partial charge >= 0.3 is 5.97 Å². The van der Waals surface area contributed by atoms with Crippen LogP contribution in [0.1, 0.15) is 63.4 Å². The third-order valence-electron chi connectivity index (χ3n) is 8.74. The molecule has 4 heteroatoms. The minimum atomic E-state index is -0.342. The van der Waals surface area contributed by atoms with Crippen LogP contribution in [0.2, 0.25) is 0 Å². The molecule has 3 fully saturated rings. The van der Waals surface area contributed by atoms with Crippen molar-refractivity contribution in [3.05, 3.63) is 48.0 Å². The van der Waals surface area contributed by atoms with Crippen LogP contribution < -0.4 is 0 Å². The van der Waals surface area contributed by atoms with Gasteiger partial charge in [-0.3, -0.25) is 4.79 Å². The van der Waals surface area contributed by atoms with E-state index in [0.29, 0.717) is 23.7 Å². The SMILES string of the molecule is CC1C[C@H]2[C@@H]3CCC4=CC(=O)C=C[C@]4(C)[C@H]3CC[C@]2(C)C1OC(=O)c1ccco1. The molecule has 0 saturated heterocycles. The molecule has 4 aliphatic rings. The number of carbonyl (C=O) groups is 2. The normalized spacial score (nSPS) is 43.2. The molecule has 1 aromatic rings. The minimum Gasteiger partial charge on any atom is -0.457 e. The maximum atomic E-state index is 12.6. The average Bonchev–Trinajstić information content (AvgIpc) is 3.30. The Kier molecular flexibility index (Phi) is 4.20. The summed E-state index contributed by atoms with van der Waals surface area (Å²) in [5.41, 5.74) is 1.33. The van der Waals surface area contributed by atoms with Crippen molar-refractivity contribution in [3.63, 3.8) is 0 Å². The van der Waals surface area contributed by atoms with Crippen LogP contribution in [-0.2, 0) is 9.53 Å². The highest BCUT2D eigenvalue weighted by Crippen LogP contribution is 2.65. The molecule has 0 aromatic carbocycles. The van der Waals surface area contributed by atoms with E-state index < -0.39 is 0 Å². The zero-order valence-corrected chi connectivity index (χ0v) is 17.5. The van der Waals surface area contributed by atoms with E-state index in [0.717, 1.165) is 32.1 Å². The summed E-state index contributed by atoms with van der Waals surface area (Å²) in [4.78, 5) is 24.5. The predicted molar refractivity (Wildman–Crippen MR) is 109 cm³/mol. The Morgan fingerprint density at radius 3 is 2.83 bits per heavy atom. The van der Waals surface area contributed by atoms with Crippen molar-refractivity contribution in [2.75, 3.05) is 0 Å². The largest absolute Gasteiger partial charge is 0.457 e. The molecule has 4 nitrogen and oxygen atoms in total. The maximum absolute atomic E-state index is 12.6. The predicted octanol–water partition coefficient (Wildman–Crippen LogP) is 5.36. The molecule has 7 atom stereocenters. The summed E-state index contributed by atoms with van der Waals surface area (Å²) in [6.45, 7) is 6.90. The smallest absolute Gasteiger partial charge is 0.374 e. The molecule has 0 spiro atoms. The summed E-state index contributed by atoms with van der Waals surface area (Å²) in [7, 11) is 0. The average molecular weight is 395 g/mol. The molecule has 0 bridgehead atoms. The van der Waals surface area contributed by atoms with E-state index in [-0.39, 0.29) is 34.4 Å². The quantitative estimate of drug-likeness (QED) is 0.634. The molecule has 1 aromatic heterocycles. The third-order valence-corrected chi connectivity index (χ3v) is 8.74. The monoisotopic (exact) mass is 394 g/mol. The summed E-state index contributed by atoms with van der Waals surface area (Å²) in [5.74, 6) is 2.15. The second-order valence-electron chi connectivity index (χ2n) is 10.2. The Morgan fingerprint density at radius 2 is 2.07 bits per heavy atom. The van der Waals surface area contributed by atoms with Gasteiger partial charge in [0.1, 0.15) is 6.10 Å². The summed E-state index contributed by atoms with van der Waals surface area (Å²) in [6.07, 6.45) is 12.7. The van der Waals surface area contributed by atoms with Gasteiger partial charge in [-0.15, -0.1) is 0 Å². The zero-order valence-electron chi connectivity index (χ0n) is 17.5. The van der Waals surface area contributed by atoms with Gasteiger partial charge in [0, 0.05) is 10.8 Å². The Morgan fingerprint density at radius 1 is 1.24 bits per heavy atom. The molecule has 4 aliphatic carbocycles. The number of ether oxygens (including phenoxy) is 1. The molecular formula is C25H30O4. The van der Waals surface area contributed by atoms with Crippen LogP contribution in [0.5, 0.6) is 0 Å². The lowest BCUT2D eigenvalue weighted by atomic mass is 9.48. The van der Waals surface area contributed by atoms with Crippen molar-refractivity contribution in [1.29, 1.82) is 0 Å². The lowest BCUT2D eigenvalue weighted by molar-refractivity contribution is -0.111. The van der Waals surface area contributed by atoms with Gasteiger partial charge in [-0.05, 0) is 80.1 Å². The van der Waals surface area contributed by atoms with Crippen LogP contribution in [0.15, 0.2) is 46.6 Å². The Labute approximate surface area is 172 Å². The molecule has 0 aliphatic heterocycles. The molecule has 0 N–H and O–H groups in total. The third kappa shape index (κ3) is 2.71. The standard InChI is InChI=1S/C25H30O4/c1-15-13-20-18-7-6-16-14-17(26)8-10-24(16,2)19(18)9-11-25(20,3)22(15)29-23(27)21-5-4-12-28-21/h4-5,8,10,12,14-15,18-20,22H,6-7,9,11,13H2,1-3H3/t15?,18-,19+,20+,22?,24+,25+/m1/s1. The number of ketones is 1. The number of hydrogen-bond donors (Lipinski definition) is 0. The first-order valence-electron chi connectivity index (χ1n) is 11.0. The molecule has 1 heterocycles. The Hall–Kier alpha value is -2.10. The van der Waals surface area contributed by atoms with E-state index in [1.165, 1.54) is 11.8 Å². The van der Waals surface area contributed by atoms with Crippen molar-refractivity contribution in [3.8, 4) is 0 Å². The molecule has 0 amide bonds. The number of hydrogen-bond acceptors (Lipinski definition) is 4. The van der Waals surface area contributed by atoms with Gasteiger partial charge in [0.2, 0.25) is 5.76 Å². The fourth-order valence-electron chi connectivity index (χ4n) is 7.34. The summed E-state index contributed by atoms with van der Waals surface area (Å²) < 4.78 is 11.3. The van der Waals surface area contributed by atoms with E-state index in [9.17, 15) is 9.59 Å². The van der Waals surface area contributed by atoms with Gasteiger partial charge in [-0.25, -0.2) is 4.79 Å². The van der Waals surface area contributed by atoms with E-state index in [1.807, 2.05) is 6.08 Å². The minimum absolute atomic E-state index is 0.00429. The second kappa shape index (κ2) is 6.45. The Bertz CT molecular complexity index is 894. The molecule has 0 radical (unpaired) electrons. The fraction of sp³-hybridized carbons (Fsp3) is 0.600. The van der Waals surface area contributed by atoms with Gasteiger partial charge in [-0.1, -0.05) is 32.4 Å². The summed E-state index contributed by atoms with van der Waals surface area (Å²) in [5, 5.41) is 0. The van der Waals surface area contributed by atoms with Crippen molar-refractivity contribution >= 4 is 11.8 Å². The highest BCUT2D eigenvalue weighted by molar-refractivity contribution is 6.01. The van der Waals surface area contributed by atoms with E-state index in [1.54, 1.807) is 18.2 Å². The van der Waals surface area contributed by atoms with E-state index in [2.05, 4.69) is 26.8 Å².